The van der Waals surface area contributed by atoms with Crippen LogP contribution in [0.1, 0.15) is 16.7 Å². The van der Waals surface area contributed by atoms with Crippen molar-refractivity contribution >= 4 is 10.0 Å². The van der Waals surface area contributed by atoms with Gasteiger partial charge in [0.05, 0.1) is 12.0 Å². The Labute approximate surface area is 205 Å². The van der Waals surface area contributed by atoms with Gasteiger partial charge in [-0.15, -0.1) is 0 Å². The van der Waals surface area contributed by atoms with E-state index in [9.17, 15) is 8.42 Å². The third-order valence-electron chi connectivity index (χ3n) is 5.91. The maximum Gasteiger partial charge on any atom is 0.305 e. The van der Waals surface area contributed by atoms with Gasteiger partial charge in [-0.3, -0.25) is 0 Å². The molecule has 1 heterocycles. The first-order valence-electron chi connectivity index (χ1n) is 11.3. The molecule has 4 aromatic rings. The topological polar surface area (TPSA) is 73.9 Å². The Morgan fingerprint density at radius 3 is 1.97 bits per heavy atom. The molecule has 0 fully saturated rings. The van der Waals surface area contributed by atoms with Gasteiger partial charge in [0.1, 0.15) is 5.75 Å². The zero-order chi connectivity index (χ0) is 24.3. The van der Waals surface area contributed by atoms with Crippen molar-refractivity contribution in [1.82, 2.24) is 4.72 Å². The lowest BCUT2D eigenvalue weighted by molar-refractivity contribution is -0.0459. The summed E-state index contributed by atoms with van der Waals surface area (Å²) in [4.78, 5) is 0.117. The fourth-order valence-corrected chi connectivity index (χ4v) is 5.12. The number of hydrogen-bond acceptors (Lipinski definition) is 5. The average Bonchev–Trinajstić information content (AvgIpc) is 3.30. The monoisotopic (exact) mass is 487 g/mol. The molecule has 1 aliphatic heterocycles. The lowest BCUT2D eigenvalue weighted by atomic mass is 9.97. The molecule has 35 heavy (non-hydrogen) atoms. The number of nitrogens with one attached hydrogen (secondary N) is 1. The molecule has 6 nitrogen and oxygen atoms in total. The normalized spacial score (nSPS) is 14.0. The van der Waals surface area contributed by atoms with Crippen LogP contribution in [0.15, 0.2) is 108 Å². The minimum atomic E-state index is -3.74. The van der Waals surface area contributed by atoms with Crippen LogP contribution in [0.4, 0.5) is 0 Å². The van der Waals surface area contributed by atoms with Crippen molar-refractivity contribution in [3.05, 3.63) is 120 Å². The molecule has 0 saturated heterocycles. The Balaban J connectivity index is 1.37. The lowest BCUT2D eigenvalue weighted by Gasteiger charge is -2.28. The van der Waals surface area contributed by atoms with E-state index in [0.717, 1.165) is 22.4 Å². The largest absolute Gasteiger partial charge is 0.497 e. The molecule has 1 aliphatic rings. The van der Waals surface area contributed by atoms with Crippen molar-refractivity contribution in [3.63, 3.8) is 0 Å². The molecular weight excluding hydrogens is 462 g/mol. The molecule has 0 unspecified atom stereocenters. The zero-order valence-electron chi connectivity index (χ0n) is 19.2. The second kappa shape index (κ2) is 9.44. The predicted octanol–water partition coefficient (Wildman–Crippen LogP) is 4.89. The Kier molecular flexibility index (Phi) is 6.19. The minimum absolute atomic E-state index is 0.117. The van der Waals surface area contributed by atoms with E-state index in [1.807, 2.05) is 84.9 Å². The van der Waals surface area contributed by atoms with Gasteiger partial charge in [0.25, 0.3) is 0 Å². The van der Waals surface area contributed by atoms with Crippen LogP contribution in [0.5, 0.6) is 17.2 Å². The highest BCUT2D eigenvalue weighted by Crippen LogP contribution is 2.48. The van der Waals surface area contributed by atoms with Crippen LogP contribution in [0.3, 0.4) is 0 Å². The molecule has 0 aromatic heterocycles. The van der Waals surface area contributed by atoms with Gasteiger partial charge < -0.3 is 14.2 Å². The molecule has 7 heteroatoms. The zero-order valence-corrected chi connectivity index (χ0v) is 20.0. The summed E-state index contributed by atoms with van der Waals surface area (Å²) in [5.41, 5.74) is 2.63. The van der Waals surface area contributed by atoms with Crippen LogP contribution in [0.25, 0.3) is 0 Å². The Morgan fingerprint density at radius 1 is 0.771 bits per heavy atom. The van der Waals surface area contributed by atoms with E-state index >= 15 is 0 Å². The maximum absolute atomic E-state index is 13.0. The number of ether oxygens (including phenoxy) is 3. The molecule has 0 spiro atoms. The lowest BCUT2D eigenvalue weighted by Crippen LogP contribution is -2.36. The van der Waals surface area contributed by atoms with Gasteiger partial charge in [-0.2, -0.15) is 0 Å². The van der Waals surface area contributed by atoms with E-state index in [1.165, 1.54) is 12.1 Å². The SMILES string of the molecule is COc1ccc(CCNS(=O)(=O)c2ccc3c(c2)OC(c2ccccc2)(c2ccccc2)O3)cc1. The van der Waals surface area contributed by atoms with Crippen LogP contribution in [0, 0.1) is 0 Å². The number of hydrogen-bond donors (Lipinski definition) is 1. The first-order valence-corrected chi connectivity index (χ1v) is 12.7. The first kappa shape index (κ1) is 23.0. The van der Waals surface area contributed by atoms with Gasteiger partial charge in [-0.1, -0.05) is 72.8 Å². The number of sulfonamides is 1. The molecule has 0 bridgehead atoms. The average molecular weight is 488 g/mol. The van der Waals surface area contributed by atoms with Crippen LogP contribution in [-0.2, 0) is 22.2 Å². The van der Waals surface area contributed by atoms with Crippen LogP contribution >= 0.6 is 0 Å². The summed E-state index contributed by atoms with van der Waals surface area (Å²) < 4.78 is 46.5. The van der Waals surface area contributed by atoms with E-state index < -0.39 is 15.8 Å². The van der Waals surface area contributed by atoms with Crippen molar-refractivity contribution in [1.29, 1.82) is 0 Å². The van der Waals surface area contributed by atoms with Crippen molar-refractivity contribution < 1.29 is 22.6 Å². The maximum atomic E-state index is 13.0. The van der Waals surface area contributed by atoms with E-state index in [1.54, 1.807) is 13.2 Å². The molecular formula is C28H25NO5S. The summed E-state index contributed by atoms with van der Waals surface area (Å²) in [6.07, 6.45) is 0.554. The van der Waals surface area contributed by atoms with Crippen molar-refractivity contribution in [2.75, 3.05) is 13.7 Å². The Hall–Kier alpha value is -3.81. The summed E-state index contributed by atoms with van der Waals surface area (Å²) in [6.45, 7) is 0.265. The molecule has 4 aromatic carbocycles. The van der Waals surface area contributed by atoms with Gasteiger partial charge >= 0.3 is 5.79 Å². The van der Waals surface area contributed by atoms with E-state index in [4.69, 9.17) is 14.2 Å². The van der Waals surface area contributed by atoms with Crippen molar-refractivity contribution in [3.8, 4) is 17.2 Å². The van der Waals surface area contributed by atoms with E-state index in [-0.39, 0.29) is 11.4 Å². The van der Waals surface area contributed by atoms with Crippen LogP contribution in [0.2, 0.25) is 0 Å². The summed E-state index contributed by atoms with van der Waals surface area (Å²) >= 11 is 0. The molecule has 0 atom stereocenters. The van der Waals surface area contributed by atoms with Gasteiger partial charge in [0.15, 0.2) is 11.5 Å². The van der Waals surface area contributed by atoms with E-state index in [2.05, 4.69) is 4.72 Å². The molecule has 5 rings (SSSR count). The molecule has 1 N–H and O–H groups in total. The standard InChI is InChI=1S/C28H25NO5S/c1-32-24-14-12-21(13-15-24)18-19-29-35(30,31)25-16-17-26-27(20-25)34-28(33-26,22-8-4-2-5-9-22)23-10-6-3-7-11-23/h2-17,20,29H,18-19H2,1H3. The first-order chi connectivity index (χ1) is 17.0. The number of rotatable bonds is 8. The van der Waals surface area contributed by atoms with Crippen molar-refractivity contribution in [2.24, 2.45) is 0 Å². The van der Waals surface area contributed by atoms with Gasteiger partial charge in [0, 0.05) is 23.7 Å². The summed E-state index contributed by atoms with van der Waals surface area (Å²) in [7, 11) is -2.13. The smallest absolute Gasteiger partial charge is 0.305 e. The third-order valence-corrected chi connectivity index (χ3v) is 7.36. The second-order valence-electron chi connectivity index (χ2n) is 8.16. The highest BCUT2D eigenvalue weighted by molar-refractivity contribution is 7.89. The molecule has 0 amide bonds. The number of methoxy groups -OCH3 is 1. The minimum Gasteiger partial charge on any atom is -0.497 e. The second-order valence-corrected chi connectivity index (χ2v) is 9.92. The molecule has 178 valence electrons. The highest BCUT2D eigenvalue weighted by atomic mass is 32.2. The van der Waals surface area contributed by atoms with Gasteiger partial charge in [-0.25, -0.2) is 13.1 Å². The fourth-order valence-electron chi connectivity index (χ4n) is 4.07. The molecule has 0 aliphatic carbocycles. The van der Waals surface area contributed by atoms with Crippen molar-refractivity contribution in [2.45, 2.75) is 17.1 Å². The Morgan fingerprint density at radius 2 is 1.37 bits per heavy atom. The van der Waals surface area contributed by atoms with Gasteiger partial charge in [-0.05, 0) is 36.2 Å². The number of fused-ring (bicyclic) bond motifs is 1. The third kappa shape index (κ3) is 4.60. The summed E-state index contributed by atoms with van der Waals surface area (Å²) in [6, 6.07) is 31.4. The predicted molar refractivity (Wildman–Crippen MR) is 133 cm³/mol. The Bertz CT molecular complexity index is 1370. The van der Waals surface area contributed by atoms with Crippen LogP contribution < -0.4 is 18.9 Å². The van der Waals surface area contributed by atoms with Crippen LogP contribution in [-0.4, -0.2) is 22.1 Å². The highest BCUT2D eigenvalue weighted by Gasteiger charge is 2.45. The quantitative estimate of drug-likeness (QED) is 0.383. The summed E-state index contributed by atoms with van der Waals surface area (Å²) in [5.74, 6) is 0.414. The van der Waals surface area contributed by atoms with E-state index in [0.29, 0.717) is 17.9 Å². The summed E-state index contributed by atoms with van der Waals surface area (Å²) in [5, 5.41) is 0. The number of benzene rings is 4. The molecule has 0 radical (unpaired) electrons. The van der Waals surface area contributed by atoms with Gasteiger partial charge in [0.2, 0.25) is 10.0 Å². The molecule has 0 saturated carbocycles. The fraction of sp³-hybridized carbons (Fsp3) is 0.143.